The maximum Gasteiger partial charge on any atom is 0.458 e. The Kier molecular flexibility index (Phi) is 4.44. The lowest BCUT2D eigenvalue weighted by molar-refractivity contribution is -0.441. The molecule has 0 spiro atoms. The molecule has 19 heavy (non-hydrogen) atoms. The summed E-state index contributed by atoms with van der Waals surface area (Å²) in [6.45, 7) is 4.80. The average molecular weight is 294 g/mol. The molecule has 1 aliphatic rings. The topological polar surface area (TPSA) is 9.23 Å². The number of rotatable bonds is 3. The maximum atomic E-state index is 13.4. The van der Waals surface area contributed by atoms with Crippen LogP contribution >= 0.6 is 0 Å². The van der Waals surface area contributed by atoms with Gasteiger partial charge >= 0.3 is 18.2 Å². The average Bonchev–Trinajstić information content (AvgIpc) is 2.56. The summed E-state index contributed by atoms with van der Waals surface area (Å²) in [6.07, 6.45) is -12.0. The second-order valence-electron chi connectivity index (χ2n) is 4.55. The molecule has 0 bridgehead atoms. The molecule has 2 radical (unpaired) electrons. The quantitative estimate of drug-likeness (QED) is 0.707. The van der Waals surface area contributed by atoms with Crippen LogP contribution < -0.4 is 0 Å². The summed E-state index contributed by atoms with van der Waals surface area (Å²) in [6, 6.07) is 0. The van der Waals surface area contributed by atoms with Gasteiger partial charge < -0.3 is 4.74 Å². The van der Waals surface area contributed by atoms with E-state index < -0.39 is 36.1 Å². The zero-order chi connectivity index (χ0) is 15.1. The van der Waals surface area contributed by atoms with Gasteiger partial charge in [0.25, 0.3) is 0 Å². The van der Waals surface area contributed by atoms with E-state index >= 15 is 0 Å². The molecular weight excluding hydrogens is 281 g/mol. The Morgan fingerprint density at radius 2 is 1.58 bits per heavy atom. The van der Waals surface area contributed by atoms with Gasteiger partial charge in [0.2, 0.25) is 0 Å². The summed E-state index contributed by atoms with van der Waals surface area (Å²) in [4.78, 5) is 0. The first kappa shape index (κ1) is 16.5. The molecule has 0 aliphatic heterocycles. The molecule has 3 atom stereocenters. The molecule has 8 heteroatoms. The maximum absolute atomic E-state index is 13.4. The summed E-state index contributed by atoms with van der Waals surface area (Å²) < 4.78 is 91.5. The van der Waals surface area contributed by atoms with Crippen molar-refractivity contribution in [1.82, 2.24) is 0 Å². The van der Waals surface area contributed by atoms with Crippen LogP contribution in [0.1, 0.15) is 19.8 Å². The molecule has 3 unspecified atom stereocenters. The molecule has 0 aromatic carbocycles. The van der Waals surface area contributed by atoms with Crippen molar-refractivity contribution >= 4 is 0 Å². The van der Waals surface area contributed by atoms with E-state index in [1.807, 2.05) is 0 Å². The van der Waals surface area contributed by atoms with E-state index in [9.17, 15) is 30.7 Å². The number of ether oxygens (including phenoxy) is 1. The van der Waals surface area contributed by atoms with Crippen molar-refractivity contribution in [2.45, 2.75) is 44.1 Å². The van der Waals surface area contributed by atoms with E-state index in [1.54, 1.807) is 0 Å². The third-order valence-electron chi connectivity index (χ3n) is 3.19. The van der Waals surface area contributed by atoms with Gasteiger partial charge in [-0.15, -0.1) is 0 Å². The van der Waals surface area contributed by atoms with Crippen molar-refractivity contribution < 1.29 is 35.5 Å². The molecule has 1 fully saturated rings. The van der Waals surface area contributed by atoms with E-state index in [0.717, 1.165) is 0 Å². The zero-order valence-electron chi connectivity index (χ0n) is 9.98. The Bertz CT molecular complexity index is 295. The standard InChI is InChI=1S/C11H13F7O/c1-3-7-5-4-6(2)8(7)19-9(12,10(13,14)15)11(16,17)18/h4,6-8H,1,3,5H2,2H3. The Hall–Kier alpha value is -0.530. The molecular formula is C11H13F7O. The predicted octanol–water partition coefficient (Wildman–Crippen LogP) is 4.25. The van der Waals surface area contributed by atoms with Gasteiger partial charge in [0.1, 0.15) is 0 Å². The molecule has 1 saturated carbocycles. The molecule has 0 N–H and O–H groups in total. The highest BCUT2D eigenvalue weighted by atomic mass is 19.4. The SMILES string of the molecule is [CH2]CC1C[CH]C(C)C1OC(F)(C(F)(F)F)C(F)(F)F. The Morgan fingerprint density at radius 3 is 1.95 bits per heavy atom. The van der Waals surface area contributed by atoms with Crippen LogP contribution in [-0.4, -0.2) is 24.3 Å². The van der Waals surface area contributed by atoms with Gasteiger partial charge in [-0.25, -0.2) is 0 Å². The van der Waals surface area contributed by atoms with E-state index in [1.165, 1.54) is 13.3 Å². The van der Waals surface area contributed by atoms with Crippen LogP contribution in [0.2, 0.25) is 0 Å². The van der Waals surface area contributed by atoms with Crippen molar-refractivity contribution in [1.29, 1.82) is 0 Å². The number of halogens is 7. The second-order valence-corrected chi connectivity index (χ2v) is 4.55. The Balaban J connectivity index is 3.03. The van der Waals surface area contributed by atoms with Crippen LogP contribution in [0, 0.1) is 25.2 Å². The summed E-state index contributed by atoms with van der Waals surface area (Å²) in [5, 5.41) is 0. The minimum atomic E-state index is -6.18. The minimum absolute atomic E-state index is 0.0668. The highest BCUT2D eigenvalue weighted by Gasteiger charge is 2.75. The van der Waals surface area contributed by atoms with Crippen molar-refractivity contribution in [2.75, 3.05) is 0 Å². The fraction of sp³-hybridized carbons (Fsp3) is 0.818. The van der Waals surface area contributed by atoms with Crippen molar-refractivity contribution in [3.63, 3.8) is 0 Å². The molecule has 0 heterocycles. The summed E-state index contributed by atoms with van der Waals surface area (Å²) in [5.41, 5.74) is 0. The van der Waals surface area contributed by atoms with Gasteiger partial charge in [0, 0.05) is 0 Å². The normalized spacial score (nSPS) is 29.8. The third-order valence-corrected chi connectivity index (χ3v) is 3.19. The zero-order valence-corrected chi connectivity index (χ0v) is 9.98. The van der Waals surface area contributed by atoms with Crippen LogP contribution in [0.5, 0.6) is 0 Å². The van der Waals surface area contributed by atoms with Crippen LogP contribution in [0.25, 0.3) is 0 Å². The fourth-order valence-electron chi connectivity index (χ4n) is 2.05. The second kappa shape index (κ2) is 5.10. The fourth-order valence-corrected chi connectivity index (χ4v) is 2.05. The first-order valence-electron chi connectivity index (χ1n) is 5.56. The van der Waals surface area contributed by atoms with Gasteiger partial charge in [0.05, 0.1) is 6.10 Å². The molecule has 0 aromatic rings. The van der Waals surface area contributed by atoms with Crippen LogP contribution in [-0.2, 0) is 4.74 Å². The molecule has 0 aromatic heterocycles. The Morgan fingerprint density at radius 1 is 1.11 bits per heavy atom. The predicted molar refractivity (Wildman–Crippen MR) is 52.4 cm³/mol. The summed E-state index contributed by atoms with van der Waals surface area (Å²) >= 11 is 0. The number of hydrogen-bond donors (Lipinski definition) is 0. The Labute approximate surface area is 106 Å². The number of alkyl halides is 7. The molecule has 0 saturated heterocycles. The van der Waals surface area contributed by atoms with Crippen molar-refractivity contribution in [2.24, 2.45) is 11.8 Å². The molecule has 1 aliphatic carbocycles. The number of hydrogen-bond acceptors (Lipinski definition) is 1. The monoisotopic (exact) mass is 294 g/mol. The third kappa shape index (κ3) is 2.98. The molecule has 112 valence electrons. The lowest BCUT2D eigenvalue weighted by Crippen LogP contribution is -2.57. The van der Waals surface area contributed by atoms with E-state index in [2.05, 4.69) is 11.7 Å². The molecule has 0 amide bonds. The van der Waals surface area contributed by atoms with Crippen LogP contribution in [0.3, 0.4) is 0 Å². The van der Waals surface area contributed by atoms with Gasteiger partial charge in [-0.3, -0.25) is 0 Å². The largest absolute Gasteiger partial charge is 0.458 e. The molecule has 1 rings (SSSR count). The van der Waals surface area contributed by atoms with Crippen LogP contribution in [0.15, 0.2) is 0 Å². The van der Waals surface area contributed by atoms with E-state index in [-0.39, 0.29) is 12.8 Å². The smallest absolute Gasteiger partial charge is 0.328 e. The van der Waals surface area contributed by atoms with Crippen molar-refractivity contribution in [3.05, 3.63) is 13.3 Å². The highest BCUT2D eigenvalue weighted by Crippen LogP contribution is 2.50. The van der Waals surface area contributed by atoms with Gasteiger partial charge in [-0.1, -0.05) is 13.8 Å². The summed E-state index contributed by atoms with van der Waals surface area (Å²) in [7, 11) is 0. The highest BCUT2D eigenvalue weighted by molar-refractivity contribution is 4.98. The van der Waals surface area contributed by atoms with Gasteiger partial charge in [0.15, 0.2) is 0 Å². The minimum Gasteiger partial charge on any atom is -0.328 e. The summed E-state index contributed by atoms with van der Waals surface area (Å²) in [5.74, 6) is -7.01. The lowest BCUT2D eigenvalue weighted by atomic mass is 9.99. The van der Waals surface area contributed by atoms with E-state index in [0.29, 0.717) is 0 Å². The van der Waals surface area contributed by atoms with E-state index in [4.69, 9.17) is 0 Å². The first-order valence-corrected chi connectivity index (χ1v) is 5.56. The van der Waals surface area contributed by atoms with Crippen molar-refractivity contribution in [3.8, 4) is 0 Å². The van der Waals surface area contributed by atoms with Gasteiger partial charge in [-0.05, 0) is 31.1 Å². The van der Waals surface area contributed by atoms with Gasteiger partial charge in [-0.2, -0.15) is 30.7 Å². The molecule has 1 nitrogen and oxygen atoms in total. The van der Waals surface area contributed by atoms with Crippen LogP contribution in [0.4, 0.5) is 30.7 Å². The first-order chi connectivity index (χ1) is 8.44. The lowest BCUT2D eigenvalue weighted by Gasteiger charge is -2.35.